The molecule has 1 aromatic carbocycles. The Morgan fingerprint density at radius 1 is 1.19 bits per heavy atom. The van der Waals surface area contributed by atoms with Crippen LogP contribution in [0.2, 0.25) is 0 Å². The fourth-order valence-electron chi connectivity index (χ4n) is 2.26. The van der Waals surface area contributed by atoms with Gasteiger partial charge in [0, 0.05) is 12.6 Å². The SMILES string of the molecule is N[C@H](CN1CCCC1)[C@H](O)c1ccccc1. The minimum Gasteiger partial charge on any atom is -0.387 e. The van der Waals surface area contributed by atoms with Crippen molar-refractivity contribution in [3.63, 3.8) is 0 Å². The van der Waals surface area contributed by atoms with E-state index in [-0.39, 0.29) is 6.04 Å². The zero-order valence-corrected chi connectivity index (χ0v) is 9.55. The van der Waals surface area contributed by atoms with Gasteiger partial charge >= 0.3 is 0 Å². The molecule has 3 nitrogen and oxygen atoms in total. The van der Waals surface area contributed by atoms with E-state index in [1.54, 1.807) is 0 Å². The number of benzene rings is 1. The normalized spacial score (nSPS) is 20.9. The second-order valence-electron chi connectivity index (χ2n) is 4.53. The highest BCUT2D eigenvalue weighted by molar-refractivity contribution is 5.18. The Bertz CT molecular complexity index is 309. The van der Waals surface area contributed by atoms with Gasteiger partial charge in [0.05, 0.1) is 6.10 Å². The first kappa shape index (κ1) is 11.6. The van der Waals surface area contributed by atoms with Crippen LogP contribution in [-0.2, 0) is 0 Å². The quantitative estimate of drug-likeness (QED) is 0.800. The maximum atomic E-state index is 10.1. The molecule has 2 atom stereocenters. The maximum absolute atomic E-state index is 10.1. The fraction of sp³-hybridized carbons (Fsp3) is 0.538. The monoisotopic (exact) mass is 220 g/mol. The third-order valence-electron chi connectivity index (χ3n) is 3.21. The molecule has 0 spiro atoms. The lowest BCUT2D eigenvalue weighted by molar-refractivity contribution is 0.125. The lowest BCUT2D eigenvalue weighted by Gasteiger charge is -2.24. The summed E-state index contributed by atoms with van der Waals surface area (Å²) >= 11 is 0. The third kappa shape index (κ3) is 2.82. The van der Waals surface area contributed by atoms with Crippen molar-refractivity contribution in [3.8, 4) is 0 Å². The number of nitrogens with zero attached hydrogens (tertiary/aromatic N) is 1. The highest BCUT2D eigenvalue weighted by Gasteiger charge is 2.21. The summed E-state index contributed by atoms with van der Waals surface area (Å²) in [6, 6.07) is 9.47. The summed E-state index contributed by atoms with van der Waals surface area (Å²) in [5.74, 6) is 0. The molecule has 88 valence electrons. The second-order valence-corrected chi connectivity index (χ2v) is 4.53. The molecule has 1 heterocycles. The molecule has 0 aromatic heterocycles. The third-order valence-corrected chi connectivity index (χ3v) is 3.21. The van der Waals surface area contributed by atoms with Crippen molar-refractivity contribution >= 4 is 0 Å². The van der Waals surface area contributed by atoms with Gasteiger partial charge < -0.3 is 15.7 Å². The number of hydrogen-bond acceptors (Lipinski definition) is 3. The Balaban J connectivity index is 1.91. The minimum atomic E-state index is -0.554. The Kier molecular flexibility index (Phi) is 3.93. The van der Waals surface area contributed by atoms with E-state index in [9.17, 15) is 5.11 Å². The van der Waals surface area contributed by atoms with Gasteiger partial charge in [-0.1, -0.05) is 30.3 Å². The van der Waals surface area contributed by atoms with E-state index in [1.165, 1.54) is 12.8 Å². The molecule has 1 saturated heterocycles. The average molecular weight is 220 g/mol. The first-order valence-electron chi connectivity index (χ1n) is 5.98. The first-order valence-corrected chi connectivity index (χ1v) is 5.98. The average Bonchev–Trinajstić information content (AvgIpc) is 2.82. The molecule has 0 bridgehead atoms. The molecule has 1 aliphatic heterocycles. The molecule has 0 amide bonds. The summed E-state index contributed by atoms with van der Waals surface area (Å²) in [5.41, 5.74) is 6.95. The molecular formula is C13H20N2O. The summed E-state index contributed by atoms with van der Waals surface area (Å²) in [7, 11) is 0. The van der Waals surface area contributed by atoms with Gasteiger partial charge in [0.1, 0.15) is 0 Å². The number of aliphatic hydroxyl groups excluding tert-OH is 1. The van der Waals surface area contributed by atoms with Crippen LogP contribution in [0.15, 0.2) is 30.3 Å². The summed E-state index contributed by atoms with van der Waals surface area (Å²) in [4.78, 5) is 2.33. The van der Waals surface area contributed by atoms with Gasteiger partial charge in [-0.05, 0) is 31.5 Å². The largest absolute Gasteiger partial charge is 0.387 e. The Morgan fingerprint density at radius 3 is 2.44 bits per heavy atom. The van der Waals surface area contributed by atoms with Crippen LogP contribution in [0.5, 0.6) is 0 Å². The van der Waals surface area contributed by atoms with Gasteiger partial charge in [-0.15, -0.1) is 0 Å². The summed E-state index contributed by atoms with van der Waals surface area (Å²) < 4.78 is 0. The van der Waals surface area contributed by atoms with E-state index in [1.807, 2.05) is 30.3 Å². The predicted molar refractivity (Wildman–Crippen MR) is 65.1 cm³/mol. The molecule has 1 fully saturated rings. The van der Waals surface area contributed by atoms with Gasteiger partial charge in [0.15, 0.2) is 0 Å². The lowest BCUT2D eigenvalue weighted by Crippen LogP contribution is -2.40. The van der Waals surface area contributed by atoms with Crippen LogP contribution in [0, 0.1) is 0 Å². The molecule has 0 unspecified atom stereocenters. The molecule has 3 heteroatoms. The topological polar surface area (TPSA) is 49.5 Å². The van der Waals surface area contributed by atoms with Crippen LogP contribution in [-0.4, -0.2) is 35.7 Å². The Morgan fingerprint density at radius 2 is 1.81 bits per heavy atom. The standard InChI is InChI=1S/C13H20N2O/c14-12(10-15-8-4-5-9-15)13(16)11-6-2-1-3-7-11/h1-3,6-7,12-13,16H,4-5,8-10,14H2/t12-,13-/m1/s1. The molecular weight excluding hydrogens is 200 g/mol. The predicted octanol–water partition coefficient (Wildman–Crippen LogP) is 1.14. The molecule has 16 heavy (non-hydrogen) atoms. The zero-order valence-electron chi connectivity index (χ0n) is 9.55. The van der Waals surface area contributed by atoms with E-state index < -0.39 is 6.10 Å². The van der Waals surface area contributed by atoms with Crippen molar-refractivity contribution in [2.45, 2.75) is 25.0 Å². The van der Waals surface area contributed by atoms with Crippen molar-refractivity contribution < 1.29 is 5.11 Å². The molecule has 2 rings (SSSR count). The van der Waals surface area contributed by atoms with Crippen LogP contribution in [0.4, 0.5) is 0 Å². The van der Waals surface area contributed by atoms with E-state index >= 15 is 0 Å². The molecule has 0 radical (unpaired) electrons. The van der Waals surface area contributed by atoms with Crippen molar-refractivity contribution in [2.75, 3.05) is 19.6 Å². The molecule has 1 aromatic rings. The Labute approximate surface area is 96.9 Å². The number of likely N-dealkylation sites (tertiary alicyclic amines) is 1. The van der Waals surface area contributed by atoms with Gasteiger partial charge in [-0.3, -0.25) is 0 Å². The minimum absolute atomic E-state index is 0.194. The van der Waals surface area contributed by atoms with E-state index in [0.717, 1.165) is 25.2 Å². The van der Waals surface area contributed by atoms with E-state index in [0.29, 0.717) is 0 Å². The molecule has 0 aliphatic carbocycles. The van der Waals surface area contributed by atoms with Crippen molar-refractivity contribution in [2.24, 2.45) is 5.73 Å². The molecule has 3 N–H and O–H groups in total. The number of hydrogen-bond donors (Lipinski definition) is 2. The van der Waals surface area contributed by atoms with Gasteiger partial charge in [0.25, 0.3) is 0 Å². The zero-order chi connectivity index (χ0) is 11.4. The molecule has 1 aliphatic rings. The van der Waals surface area contributed by atoms with Crippen LogP contribution < -0.4 is 5.73 Å². The second kappa shape index (κ2) is 5.43. The number of rotatable bonds is 4. The van der Waals surface area contributed by atoms with Crippen LogP contribution in [0.3, 0.4) is 0 Å². The number of nitrogens with two attached hydrogens (primary N) is 1. The van der Waals surface area contributed by atoms with Crippen molar-refractivity contribution in [1.29, 1.82) is 0 Å². The fourth-order valence-corrected chi connectivity index (χ4v) is 2.26. The van der Waals surface area contributed by atoms with Crippen LogP contribution in [0.1, 0.15) is 24.5 Å². The van der Waals surface area contributed by atoms with Crippen molar-refractivity contribution in [3.05, 3.63) is 35.9 Å². The summed E-state index contributed by atoms with van der Waals surface area (Å²) in [6.45, 7) is 3.03. The van der Waals surface area contributed by atoms with Crippen LogP contribution >= 0.6 is 0 Å². The van der Waals surface area contributed by atoms with E-state index in [4.69, 9.17) is 5.73 Å². The molecule has 0 saturated carbocycles. The highest BCUT2D eigenvalue weighted by Crippen LogP contribution is 2.17. The van der Waals surface area contributed by atoms with Gasteiger partial charge in [-0.2, -0.15) is 0 Å². The van der Waals surface area contributed by atoms with E-state index in [2.05, 4.69) is 4.90 Å². The lowest BCUT2D eigenvalue weighted by atomic mass is 10.0. The van der Waals surface area contributed by atoms with Gasteiger partial charge in [0.2, 0.25) is 0 Å². The Hall–Kier alpha value is -0.900. The smallest absolute Gasteiger partial charge is 0.0953 e. The summed E-state index contributed by atoms with van der Waals surface area (Å²) in [6.07, 6.45) is 1.96. The van der Waals surface area contributed by atoms with Crippen molar-refractivity contribution in [1.82, 2.24) is 4.90 Å². The first-order chi connectivity index (χ1) is 7.77. The van der Waals surface area contributed by atoms with Crippen LogP contribution in [0.25, 0.3) is 0 Å². The number of aliphatic hydroxyl groups is 1. The maximum Gasteiger partial charge on any atom is 0.0953 e. The van der Waals surface area contributed by atoms with Gasteiger partial charge in [-0.25, -0.2) is 0 Å². The highest BCUT2D eigenvalue weighted by atomic mass is 16.3. The summed E-state index contributed by atoms with van der Waals surface area (Å²) in [5, 5.41) is 10.1.